The van der Waals surface area contributed by atoms with E-state index in [1.54, 1.807) is 4.68 Å². The lowest BCUT2D eigenvalue weighted by molar-refractivity contribution is 0.103. The molecule has 0 atom stereocenters. The topological polar surface area (TPSA) is 60.7 Å². The zero-order chi connectivity index (χ0) is 14.0. The van der Waals surface area contributed by atoms with Crippen LogP contribution in [0.4, 0.5) is 0 Å². The number of ketones is 1. The fraction of sp³-hybridized carbons (Fsp3) is 0.500. The zero-order valence-corrected chi connectivity index (χ0v) is 12.6. The summed E-state index contributed by atoms with van der Waals surface area (Å²) in [7, 11) is 0. The summed E-state index contributed by atoms with van der Waals surface area (Å²) in [4.78, 5) is 13.2. The van der Waals surface area contributed by atoms with Gasteiger partial charge in [-0.25, -0.2) is 0 Å². The minimum Gasteiger partial charge on any atom is -0.286 e. The van der Waals surface area contributed by atoms with Gasteiger partial charge >= 0.3 is 0 Å². The van der Waals surface area contributed by atoms with Gasteiger partial charge in [-0.15, -0.1) is 5.10 Å². The van der Waals surface area contributed by atoms with Crippen molar-refractivity contribution in [2.45, 2.75) is 39.7 Å². The van der Waals surface area contributed by atoms with Gasteiger partial charge in [0.15, 0.2) is 0 Å². The fourth-order valence-corrected chi connectivity index (χ4v) is 2.70. The molecule has 0 aliphatic rings. The van der Waals surface area contributed by atoms with Gasteiger partial charge < -0.3 is 0 Å². The second kappa shape index (κ2) is 5.79. The van der Waals surface area contributed by atoms with Gasteiger partial charge in [0, 0.05) is 6.04 Å². The van der Waals surface area contributed by atoms with Crippen LogP contribution in [0.15, 0.2) is 6.20 Å². The molecule has 102 valence electrons. The summed E-state index contributed by atoms with van der Waals surface area (Å²) in [5.74, 6) is -0.144. The number of nitrogens with zero attached hydrogens (tertiary/aromatic N) is 4. The summed E-state index contributed by atoms with van der Waals surface area (Å²) < 4.78 is 5.51. The Morgan fingerprint density at radius 3 is 2.89 bits per heavy atom. The van der Waals surface area contributed by atoms with E-state index >= 15 is 0 Å². The maximum atomic E-state index is 12.6. The van der Waals surface area contributed by atoms with Crippen LogP contribution in [-0.4, -0.2) is 25.2 Å². The monoisotopic (exact) mass is 298 g/mol. The van der Waals surface area contributed by atoms with Crippen molar-refractivity contribution in [2.24, 2.45) is 0 Å². The molecule has 19 heavy (non-hydrogen) atoms. The molecule has 0 aliphatic carbocycles. The molecule has 0 bridgehead atoms. The Morgan fingerprint density at radius 1 is 1.53 bits per heavy atom. The van der Waals surface area contributed by atoms with Crippen LogP contribution in [-0.2, 0) is 6.42 Å². The van der Waals surface area contributed by atoms with Gasteiger partial charge in [-0.05, 0) is 31.8 Å². The second-order valence-electron chi connectivity index (χ2n) is 4.51. The van der Waals surface area contributed by atoms with Crippen LogP contribution in [0.3, 0.4) is 0 Å². The minimum absolute atomic E-state index is 0.0713. The molecule has 5 nitrogen and oxygen atoms in total. The highest BCUT2D eigenvalue weighted by molar-refractivity contribution is 7.08. The fourth-order valence-electron chi connectivity index (χ4n) is 1.83. The van der Waals surface area contributed by atoms with Gasteiger partial charge in [0.05, 0.1) is 16.9 Å². The number of hydrogen-bond acceptors (Lipinski definition) is 5. The Balaban J connectivity index is 2.44. The Morgan fingerprint density at radius 2 is 2.26 bits per heavy atom. The molecule has 0 unspecified atom stereocenters. The Hall–Kier alpha value is -1.27. The van der Waals surface area contributed by atoms with E-state index in [1.807, 2.05) is 20.8 Å². The highest BCUT2D eigenvalue weighted by Gasteiger charge is 2.25. The number of carbonyl (C=O) groups excluding carboxylic acids is 1. The Labute approximate surface area is 120 Å². The van der Waals surface area contributed by atoms with Gasteiger partial charge in [0.25, 0.3) is 0 Å². The molecule has 7 heteroatoms. The number of hydrogen-bond donors (Lipinski definition) is 0. The van der Waals surface area contributed by atoms with Crippen molar-refractivity contribution in [1.82, 2.24) is 19.4 Å². The average Bonchev–Trinajstić information content (AvgIpc) is 2.95. The van der Waals surface area contributed by atoms with Crippen LogP contribution in [0.25, 0.3) is 0 Å². The first-order chi connectivity index (χ1) is 9.06. The third-order valence-corrected chi connectivity index (χ3v) is 3.75. The van der Waals surface area contributed by atoms with Crippen LogP contribution < -0.4 is 0 Å². The number of aryl methyl sites for hydroxylation is 1. The van der Waals surface area contributed by atoms with Gasteiger partial charge in [-0.3, -0.25) is 9.48 Å². The van der Waals surface area contributed by atoms with E-state index in [1.165, 1.54) is 6.20 Å². The van der Waals surface area contributed by atoms with Crippen LogP contribution in [0, 0.1) is 0 Å². The lowest BCUT2D eigenvalue weighted by Gasteiger charge is -2.09. The van der Waals surface area contributed by atoms with Crippen LogP contribution >= 0.6 is 23.1 Å². The van der Waals surface area contributed by atoms with Crippen molar-refractivity contribution >= 4 is 28.9 Å². The van der Waals surface area contributed by atoms with Crippen molar-refractivity contribution in [2.75, 3.05) is 0 Å². The summed E-state index contributed by atoms with van der Waals surface area (Å²) in [5, 5.41) is 8.54. The Kier molecular flexibility index (Phi) is 4.31. The second-order valence-corrected chi connectivity index (χ2v) is 5.67. The van der Waals surface area contributed by atoms with E-state index in [0.717, 1.165) is 30.1 Å². The van der Waals surface area contributed by atoms with Crippen molar-refractivity contribution in [3.8, 4) is 0 Å². The maximum Gasteiger partial charge on any atom is 0.226 e. The third-order valence-electron chi connectivity index (χ3n) is 2.70. The van der Waals surface area contributed by atoms with Crippen LogP contribution in [0.5, 0.6) is 0 Å². The molecule has 0 saturated carbocycles. The predicted octanol–water partition coefficient (Wildman–Crippen LogP) is 3.15. The molecule has 0 aromatic carbocycles. The van der Waals surface area contributed by atoms with Crippen molar-refractivity contribution < 1.29 is 4.79 Å². The van der Waals surface area contributed by atoms with Gasteiger partial charge in [0.2, 0.25) is 5.78 Å². The first-order valence-corrected chi connectivity index (χ1v) is 7.30. The lowest BCUT2D eigenvalue weighted by atomic mass is 10.1. The predicted molar refractivity (Wildman–Crippen MR) is 75.0 cm³/mol. The summed E-state index contributed by atoms with van der Waals surface area (Å²) in [6, 6.07) is 0.0713. The smallest absolute Gasteiger partial charge is 0.226 e. The molecular weight excluding hydrogens is 284 g/mol. The van der Waals surface area contributed by atoms with Gasteiger partial charge in [-0.2, -0.15) is 5.10 Å². The maximum absolute atomic E-state index is 12.6. The van der Waals surface area contributed by atoms with Crippen LogP contribution in [0.1, 0.15) is 54.3 Å². The molecule has 0 radical (unpaired) electrons. The molecule has 0 spiro atoms. The van der Waals surface area contributed by atoms with Gasteiger partial charge in [0.1, 0.15) is 10.6 Å². The molecule has 0 N–H and O–H groups in total. The van der Waals surface area contributed by atoms with Crippen molar-refractivity contribution in [3.63, 3.8) is 0 Å². The molecule has 2 aromatic rings. The molecule has 2 heterocycles. The van der Waals surface area contributed by atoms with Crippen LogP contribution in [0.2, 0.25) is 5.02 Å². The standard InChI is InChI=1S/C12H15ClN4OS/c1-4-5-9-12(19-16-15-9)11(18)10-8(13)6-14-17(10)7(2)3/h6-7H,4-5H2,1-3H3. The number of halogens is 1. The molecular formula is C12H15ClN4OS. The Bertz CT molecular complexity index is 590. The van der Waals surface area contributed by atoms with Gasteiger partial charge in [-0.1, -0.05) is 29.4 Å². The quantitative estimate of drug-likeness (QED) is 0.796. The third kappa shape index (κ3) is 2.69. The summed E-state index contributed by atoms with van der Waals surface area (Å²) in [6.07, 6.45) is 3.16. The summed E-state index contributed by atoms with van der Waals surface area (Å²) >= 11 is 7.20. The highest BCUT2D eigenvalue weighted by atomic mass is 35.5. The van der Waals surface area contributed by atoms with Crippen molar-refractivity contribution in [3.05, 3.63) is 27.5 Å². The minimum atomic E-state index is -0.144. The summed E-state index contributed by atoms with van der Waals surface area (Å²) in [6.45, 7) is 5.95. The van der Waals surface area contributed by atoms with E-state index < -0.39 is 0 Å². The molecule has 0 fully saturated rings. The molecule has 0 saturated heterocycles. The van der Waals surface area contributed by atoms with E-state index in [9.17, 15) is 4.79 Å². The highest BCUT2D eigenvalue weighted by Crippen LogP contribution is 2.25. The molecule has 2 aromatic heterocycles. The molecule has 2 rings (SSSR count). The number of rotatable bonds is 5. The molecule has 0 aliphatic heterocycles. The van der Waals surface area contributed by atoms with E-state index in [-0.39, 0.29) is 11.8 Å². The summed E-state index contributed by atoms with van der Waals surface area (Å²) in [5.41, 5.74) is 1.16. The van der Waals surface area contributed by atoms with E-state index in [0.29, 0.717) is 15.6 Å². The largest absolute Gasteiger partial charge is 0.286 e. The average molecular weight is 299 g/mol. The number of aromatic nitrogens is 4. The molecule has 0 amide bonds. The first kappa shape index (κ1) is 14.1. The zero-order valence-electron chi connectivity index (χ0n) is 11.1. The number of carbonyl (C=O) groups is 1. The first-order valence-electron chi connectivity index (χ1n) is 6.15. The SMILES string of the molecule is CCCc1nnsc1C(=O)c1c(Cl)cnn1C(C)C. The van der Waals surface area contributed by atoms with E-state index in [2.05, 4.69) is 14.7 Å². The normalized spacial score (nSPS) is 11.2. The van der Waals surface area contributed by atoms with Crippen molar-refractivity contribution in [1.29, 1.82) is 0 Å². The lowest BCUT2D eigenvalue weighted by Crippen LogP contribution is -2.14. The van der Waals surface area contributed by atoms with E-state index in [4.69, 9.17) is 11.6 Å².